The predicted molar refractivity (Wildman–Crippen MR) is 47.2 cm³/mol. The van der Waals surface area contributed by atoms with Crippen molar-refractivity contribution in [2.24, 2.45) is 0 Å². The fraction of sp³-hybridized carbons (Fsp3) is 0.714. The average molecular weight is 239 g/mol. The Kier molecular flexibility index (Phi) is 2.98. The number of carboxylic acids is 1. The summed E-state index contributed by atoms with van der Waals surface area (Å²) >= 11 is 0. The quantitative estimate of drug-likeness (QED) is 0.661. The Labute approximate surface area is 85.9 Å². The third-order valence-electron chi connectivity index (χ3n) is 2.35. The van der Waals surface area contributed by atoms with Crippen molar-refractivity contribution in [3.05, 3.63) is 0 Å². The van der Waals surface area contributed by atoms with E-state index in [1.807, 2.05) is 0 Å². The van der Waals surface area contributed by atoms with Crippen LogP contribution in [0.4, 0.5) is 3.89 Å². The van der Waals surface area contributed by atoms with Crippen molar-refractivity contribution in [3.63, 3.8) is 0 Å². The van der Waals surface area contributed by atoms with Crippen molar-refractivity contribution in [1.82, 2.24) is 4.90 Å². The molecular formula is C7H10FNO5S. The van der Waals surface area contributed by atoms with Gasteiger partial charge in [-0.25, -0.2) is 4.79 Å². The number of hydrogen-bond acceptors (Lipinski definition) is 4. The summed E-state index contributed by atoms with van der Waals surface area (Å²) in [5, 5.41) is 7.17. The highest BCUT2D eigenvalue weighted by molar-refractivity contribution is 7.87. The molecule has 1 amide bonds. The van der Waals surface area contributed by atoms with Gasteiger partial charge in [0, 0.05) is 13.0 Å². The third-order valence-corrected chi connectivity index (χ3v) is 3.46. The first-order chi connectivity index (χ1) is 6.73. The Hall–Kier alpha value is -1.18. The molecule has 1 unspecified atom stereocenters. The number of carbonyl (C=O) groups is 2. The Morgan fingerprint density at radius 1 is 1.67 bits per heavy atom. The van der Waals surface area contributed by atoms with Crippen LogP contribution < -0.4 is 0 Å². The summed E-state index contributed by atoms with van der Waals surface area (Å²) in [6, 6.07) is -1.13. The monoisotopic (exact) mass is 239 g/mol. The van der Waals surface area contributed by atoms with Gasteiger partial charge in [0.05, 0.1) is 0 Å². The van der Waals surface area contributed by atoms with Gasteiger partial charge < -0.3 is 10.0 Å². The molecule has 2 atom stereocenters. The van der Waals surface area contributed by atoms with Crippen molar-refractivity contribution in [3.8, 4) is 0 Å². The van der Waals surface area contributed by atoms with Crippen molar-refractivity contribution in [2.45, 2.75) is 24.6 Å². The zero-order chi connectivity index (χ0) is 11.8. The van der Waals surface area contributed by atoms with E-state index in [1.54, 1.807) is 0 Å². The molecule has 1 aliphatic heterocycles. The van der Waals surface area contributed by atoms with Crippen LogP contribution in [-0.4, -0.2) is 48.1 Å². The number of hydrogen-bond donors (Lipinski definition) is 1. The maximum absolute atomic E-state index is 12.6. The summed E-state index contributed by atoms with van der Waals surface area (Å²) in [7, 11) is -4.78. The maximum atomic E-state index is 12.6. The van der Waals surface area contributed by atoms with Crippen molar-refractivity contribution in [2.75, 3.05) is 6.54 Å². The van der Waals surface area contributed by atoms with E-state index in [0.717, 1.165) is 4.90 Å². The molecule has 86 valence electrons. The van der Waals surface area contributed by atoms with E-state index in [9.17, 15) is 21.9 Å². The van der Waals surface area contributed by atoms with Crippen LogP contribution in [0.3, 0.4) is 0 Å². The fourth-order valence-corrected chi connectivity index (χ4v) is 2.07. The lowest BCUT2D eigenvalue weighted by Gasteiger charge is -2.20. The van der Waals surface area contributed by atoms with Crippen LogP contribution in [0, 0.1) is 0 Å². The van der Waals surface area contributed by atoms with Gasteiger partial charge in [-0.15, -0.1) is 3.89 Å². The standard InChI is InChI=1S/C7H10FNO5S/c1-4(7(11)12)9-3-5(2-6(9)10)15(8,13)14/h4-5H,2-3H2,1H3,(H,11,12)/t4-,5?/m0/s1. The van der Waals surface area contributed by atoms with E-state index >= 15 is 0 Å². The fourth-order valence-electron chi connectivity index (χ4n) is 1.39. The second kappa shape index (κ2) is 3.76. The summed E-state index contributed by atoms with van der Waals surface area (Å²) in [5.74, 6) is -1.91. The number of nitrogens with zero attached hydrogens (tertiary/aromatic N) is 1. The number of halogens is 1. The van der Waals surface area contributed by atoms with Crippen LogP contribution >= 0.6 is 0 Å². The minimum atomic E-state index is -4.78. The van der Waals surface area contributed by atoms with Crippen LogP contribution in [0.25, 0.3) is 0 Å². The minimum absolute atomic E-state index is 0.398. The first kappa shape index (κ1) is 11.9. The van der Waals surface area contributed by atoms with Crippen molar-refractivity contribution in [1.29, 1.82) is 0 Å². The van der Waals surface area contributed by atoms with E-state index in [2.05, 4.69) is 0 Å². The van der Waals surface area contributed by atoms with Gasteiger partial charge in [0.25, 0.3) is 0 Å². The molecule has 1 heterocycles. The smallest absolute Gasteiger partial charge is 0.326 e. The van der Waals surface area contributed by atoms with E-state index in [1.165, 1.54) is 6.92 Å². The molecule has 1 N–H and O–H groups in total. The normalized spacial score (nSPS) is 24.3. The summed E-state index contributed by atoms with van der Waals surface area (Å²) < 4.78 is 33.6. The molecule has 1 fully saturated rings. The second-order valence-electron chi connectivity index (χ2n) is 3.36. The number of carbonyl (C=O) groups excluding carboxylic acids is 1. The van der Waals surface area contributed by atoms with Crippen LogP contribution in [0.1, 0.15) is 13.3 Å². The summed E-state index contributed by atoms with van der Waals surface area (Å²) in [6.07, 6.45) is -0.490. The molecule has 1 saturated heterocycles. The second-order valence-corrected chi connectivity index (χ2v) is 4.98. The van der Waals surface area contributed by atoms with E-state index in [0.29, 0.717) is 0 Å². The zero-order valence-electron chi connectivity index (χ0n) is 7.88. The van der Waals surface area contributed by atoms with Gasteiger partial charge in [-0.3, -0.25) is 4.79 Å². The first-order valence-electron chi connectivity index (χ1n) is 4.19. The molecule has 1 rings (SSSR count). The molecule has 0 aliphatic carbocycles. The van der Waals surface area contributed by atoms with Crippen LogP contribution in [0.2, 0.25) is 0 Å². The largest absolute Gasteiger partial charge is 0.480 e. The predicted octanol–water partition coefficient (Wildman–Crippen LogP) is -0.640. The highest BCUT2D eigenvalue weighted by Gasteiger charge is 2.41. The van der Waals surface area contributed by atoms with Gasteiger partial charge >= 0.3 is 16.2 Å². The molecule has 0 aromatic rings. The SMILES string of the molecule is C[C@@H](C(=O)O)N1CC(S(=O)(=O)F)CC1=O. The number of aliphatic carboxylic acids is 1. The van der Waals surface area contributed by atoms with E-state index < -0.39 is 46.4 Å². The Bertz CT molecular complexity index is 392. The van der Waals surface area contributed by atoms with Crippen LogP contribution in [-0.2, 0) is 19.8 Å². The van der Waals surface area contributed by atoms with Crippen molar-refractivity contribution < 1.29 is 27.0 Å². The molecule has 0 bridgehead atoms. The molecule has 8 heteroatoms. The highest BCUT2D eigenvalue weighted by Crippen LogP contribution is 2.21. The lowest BCUT2D eigenvalue weighted by molar-refractivity contribution is -0.147. The maximum Gasteiger partial charge on any atom is 0.326 e. The number of likely N-dealkylation sites (tertiary alicyclic amines) is 1. The molecule has 0 spiro atoms. The lowest BCUT2D eigenvalue weighted by Crippen LogP contribution is -2.40. The molecule has 15 heavy (non-hydrogen) atoms. The number of amides is 1. The lowest BCUT2D eigenvalue weighted by atomic mass is 10.3. The summed E-state index contributed by atoms with van der Waals surface area (Å²) in [4.78, 5) is 22.6. The minimum Gasteiger partial charge on any atom is -0.480 e. The Balaban J connectivity index is 2.82. The average Bonchev–Trinajstić information content (AvgIpc) is 2.45. The van der Waals surface area contributed by atoms with Gasteiger partial charge in [0.1, 0.15) is 11.3 Å². The molecule has 0 radical (unpaired) electrons. The topological polar surface area (TPSA) is 91.8 Å². The highest BCUT2D eigenvalue weighted by atomic mass is 32.3. The molecular weight excluding hydrogens is 229 g/mol. The molecule has 0 aromatic heterocycles. The molecule has 1 aliphatic rings. The third kappa shape index (κ3) is 2.44. The molecule has 6 nitrogen and oxygen atoms in total. The van der Waals surface area contributed by atoms with E-state index in [4.69, 9.17) is 5.11 Å². The molecule has 0 saturated carbocycles. The Morgan fingerprint density at radius 3 is 2.53 bits per heavy atom. The van der Waals surface area contributed by atoms with Gasteiger partial charge in [0.2, 0.25) is 5.91 Å². The van der Waals surface area contributed by atoms with Crippen molar-refractivity contribution >= 4 is 22.1 Å². The van der Waals surface area contributed by atoms with Crippen LogP contribution in [0.5, 0.6) is 0 Å². The Morgan fingerprint density at radius 2 is 2.20 bits per heavy atom. The van der Waals surface area contributed by atoms with Gasteiger partial charge in [-0.05, 0) is 6.92 Å². The van der Waals surface area contributed by atoms with Gasteiger partial charge in [0.15, 0.2) is 0 Å². The van der Waals surface area contributed by atoms with Gasteiger partial charge in [-0.1, -0.05) is 0 Å². The first-order valence-corrected chi connectivity index (χ1v) is 5.64. The number of carboxylic acid groups (broad SMARTS) is 1. The molecule has 0 aromatic carbocycles. The number of rotatable bonds is 3. The zero-order valence-corrected chi connectivity index (χ0v) is 8.70. The van der Waals surface area contributed by atoms with Crippen LogP contribution in [0.15, 0.2) is 0 Å². The van der Waals surface area contributed by atoms with Gasteiger partial charge in [-0.2, -0.15) is 8.42 Å². The van der Waals surface area contributed by atoms with E-state index in [-0.39, 0.29) is 0 Å². The summed E-state index contributed by atoms with van der Waals surface area (Å²) in [6.45, 7) is 0.846. The summed E-state index contributed by atoms with van der Waals surface area (Å²) in [5.41, 5.74) is 0.